The van der Waals surface area contributed by atoms with Crippen LogP contribution in [0.4, 0.5) is 5.82 Å². The maximum Gasteiger partial charge on any atom is 0.472 e. The SMILES string of the molecule is CCCCCCCCCCCCSCCCOP(=O)(O)OCC1O[C@@](C#N)(c2ccc3c(N)ncnn23)[C@H](O)[C@@H]1O. The molecule has 3 heterocycles. The van der Waals surface area contributed by atoms with E-state index in [1.807, 2.05) is 6.07 Å². The molecule has 0 aliphatic carbocycles. The number of rotatable bonds is 20. The van der Waals surface area contributed by atoms with Crippen molar-refractivity contribution in [3.8, 4) is 6.07 Å². The molecule has 5 N–H and O–H groups in total. The highest BCUT2D eigenvalue weighted by Gasteiger charge is 2.57. The molecule has 0 saturated carbocycles. The lowest BCUT2D eigenvalue weighted by Crippen LogP contribution is -2.41. The van der Waals surface area contributed by atoms with Crippen LogP contribution in [-0.2, 0) is 24.0 Å². The molecule has 1 aliphatic rings. The van der Waals surface area contributed by atoms with E-state index in [4.69, 9.17) is 19.5 Å². The number of hydrogen-bond acceptors (Lipinski definition) is 11. The van der Waals surface area contributed by atoms with Crippen molar-refractivity contribution >= 4 is 30.9 Å². The number of phosphoric ester groups is 1. The maximum absolute atomic E-state index is 12.4. The highest BCUT2D eigenvalue weighted by molar-refractivity contribution is 7.99. The molecule has 1 aliphatic heterocycles. The third kappa shape index (κ3) is 9.37. The van der Waals surface area contributed by atoms with Crippen LogP contribution in [0.15, 0.2) is 18.5 Å². The summed E-state index contributed by atoms with van der Waals surface area (Å²) < 4.78 is 29.5. The van der Waals surface area contributed by atoms with Gasteiger partial charge in [0.1, 0.15) is 36.2 Å². The molecule has 0 spiro atoms. The lowest BCUT2D eigenvalue weighted by molar-refractivity contribution is -0.0642. The fourth-order valence-electron chi connectivity index (χ4n) is 4.89. The summed E-state index contributed by atoms with van der Waals surface area (Å²) in [5, 5.41) is 35.3. The molecule has 0 aromatic carbocycles. The van der Waals surface area contributed by atoms with Crippen molar-refractivity contribution in [3.05, 3.63) is 24.2 Å². The summed E-state index contributed by atoms with van der Waals surface area (Å²) in [4.78, 5) is 14.0. The molecular formula is C27H44N5O7PS. The Hall–Kier alpha value is -1.75. The Bertz CT molecular complexity index is 1160. The zero-order chi connectivity index (χ0) is 29.7. The number of phosphoric acid groups is 1. The van der Waals surface area contributed by atoms with E-state index >= 15 is 0 Å². The van der Waals surface area contributed by atoms with E-state index in [-0.39, 0.29) is 18.1 Å². The second-order valence-corrected chi connectivity index (χ2v) is 13.0. The third-order valence-electron chi connectivity index (χ3n) is 7.22. The van der Waals surface area contributed by atoms with Crippen LogP contribution in [-0.4, -0.2) is 72.7 Å². The van der Waals surface area contributed by atoms with Crippen LogP contribution < -0.4 is 5.73 Å². The highest BCUT2D eigenvalue weighted by Crippen LogP contribution is 2.46. The summed E-state index contributed by atoms with van der Waals surface area (Å²) in [6.07, 6.45) is 10.2. The standard InChI is InChI=1S/C27H44N5O7PS/c1-2-3-4-5-6-7-8-9-10-11-16-41-17-12-15-37-40(35,36)38-18-22-24(33)25(34)27(19-28,39-22)23-14-13-21-26(29)30-20-31-32(21)23/h13-14,20,22,24-25,33-34H,2-12,15-18H2,1H3,(H,35,36)(H2,29,30,31)/t22?,24-,25-,27+/m1/s1. The quantitative estimate of drug-likeness (QED) is 0.123. The van der Waals surface area contributed by atoms with Gasteiger partial charge in [-0.2, -0.15) is 22.1 Å². The molecule has 2 unspecified atom stereocenters. The Balaban J connectivity index is 1.33. The summed E-state index contributed by atoms with van der Waals surface area (Å²) in [5.41, 5.74) is 4.34. The minimum absolute atomic E-state index is 0.0366. The molecule has 2 aromatic rings. The number of anilines is 1. The summed E-state index contributed by atoms with van der Waals surface area (Å²) in [6, 6.07) is 4.95. The molecule has 230 valence electrons. The monoisotopic (exact) mass is 613 g/mol. The van der Waals surface area contributed by atoms with Crippen molar-refractivity contribution < 1.29 is 33.5 Å². The predicted octanol–water partition coefficient (Wildman–Crippen LogP) is 4.33. The van der Waals surface area contributed by atoms with Gasteiger partial charge in [0.2, 0.25) is 5.60 Å². The Morgan fingerprint density at radius 1 is 1.10 bits per heavy atom. The molecular weight excluding hydrogens is 569 g/mol. The minimum Gasteiger partial charge on any atom is -0.387 e. The van der Waals surface area contributed by atoms with Crippen molar-refractivity contribution in [2.45, 2.75) is 101 Å². The fourth-order valence-corrected chi connectivity index (χ4v) is 6.59. The smallest absolute Gasteiger partial charge is 0.387 e. The van der Waals surface area contributed by atoms with Gasteiger partial charge >= 0.3 is 7.82 Å². The summed E-state index contributed by atoms with van der Waals surface area (Å²) in [6.45, 7) is 1.69. The molecule has 5 atom stereocenters. The van der Waals surface area contributed by atoms with Crippen LogP contribution in [0.3, 0.4) is 0 Å². The number of nitrogens with two attached hydrogens (primary N) is 1. The number of hydrogen-bond donors (Lipinski definition) is 4. The van der Waals surface area contributed by atoms with E-state index in [0.717, 1.165) is 11.5 Å². The third-order valence-corrected chi connectivity index (χ3v) is 9.36. The average Bonchev–Trinajstić information content (AvgIpc) is 3.50. The number of aromatic nitrogens is 3. The number of aliphatic hydroxyl groups is 2. The van der Waals surface area contributed by atoms with E-state index in [1.54, 1.807) is 17.8 Å². The summed E-state index contributed by atoms with van der Waals surface area (Å²) in [5.74, 6) is 2.01. The number of nitrogen functional groups attached to an aromatic ring is 1. The lowest BCUT2D eigenvalue weighted by atomic mass is 9.92. The number of unbranched alkanes of at least 4 members (excludes halogenated alkanes) is 9. The van der Waals surface area contributed by atoms with Gasteiger partial charge in [-0.15, -0.1) is 0 Å². The molecule has 3 rings (SSSR count). The van der Waals surface area contributed by atoms with Crippen LogP contribution in [0.25, 0.3) is 5.52 Å². The van der Waals surface area contributed by atoms with Gasteiger partial charge in [-0.05, 0) is 36.5 Å². The second kappa shape index (κ2) is 16.8. The van der Waals surface area contributed by atoms with Crippen LogP contribution in [0.2, 0.25) is 0 Å². The molecule has 1 fully saturated rings. The van der Waals surface area contributed by atoms with Gasteiger partial charge < -0.3 is 25.6 Å². The van der Waals surface area contributed by atoms with E-state index in [0.29, 0.717) is 11.9 Å². The predicted molar refractivity (Wildman–Crippen MR) is 157 cm³/mol. The number of ether oxygens (including phenoxy) is 1. The molecule has 1 saturated heterocycles. The minimum atomic E-state index is -4.44. The molecule has 12 nitrogen and oxygen atoms in total. The number of aliphatic hydroxyl groups excluding tert-OH is 2. The number of nitrogens with zero attached hydrogens (tertiary/aromatic N) is 4. The van der Waals surface area contributed by atoms with Gasteiger partial charge in [-0.3, -0.25) is 9.05 Å². The Labute approximate surface area is 246 Å². The molecule has 41 heavy (non-hydrogen) atoms. The average molecular weight is 614 g/mol. The van der Waals surface area contributed by atoms with Crippen molar-refractivity contribution in [2.24, 2.45) is 0 Å². The Kier molecular flexibility index (Phi) is 13.8. The topological polar surface area (TPSA) is 185 Å². The van der Waals surface area contributed by atoms with Crippen molar-refractivity contribution in [1.82, 2.24) is 14.6 Å². The van der Waals surface area contributed by atoms with Gasteiger partial charge in [-0.25, -0.2) is 14.1 Å². The zero-order valence-corrected chi connectivity index (χ0v) is 25.5. The van der Waals surface area contributed by atoms with Gasteiger partial charge in [-0.1, -0.05) is 64.7 Å². The van der Waals surface area contributed by atoms with E-state index in [2.05, 4.69) is 17.0 Å². The fraction of sp³-hybridized carbons (Fsp3) is 0.741. The van der Waals surface area contributed by atoms with E-state index in [1.165, 1.54) is 81.1 Å². The molecule has 2 aromatic heterocycles. The molecule has 0 amide bonds. The van der Waals surface area contributed by atoms with Crippen LogP contribution in [0, 0.1) is 11.3 Å². The van der Waals surface area contributed by atoms with Gasteiger partial charge in [0, 0.05) is 0 Å². The van der Waals surface area contributed by atoms with Crippen LogP contribution in [0.5, 0.6) is 0 Å². The Morgan fingerprint density at radius 2 is 1.76 bits per heavy atom. The first kappa shape index (κ1) is 33.7. The highest BCUT2D eigenvalue weighted by atomic mass is 32.2. The van der Waals surface area contributed by atoms with Gasteiger partial charge in [0.15, 0.2) is 5.82 Å². The number of fused-ring (bicyclic) bond motifs is 1. The molecule has 0 radical (unpaired) electrons. The first-order chi connectivity index (χ1) is 19.8. The largest absolute Gasteiger partial charge is 0.472 e. The summed E-state index contributed by atoms with van der Waals surface area (Å²) in [7, 11) is -4.44. The van der Waals surface area contributed by atoms with Crippen molar-refractivity contribution in [3.63, 3.8) is 0 Å². The van der Waals surface area contributed by atoms with Crippen molar-refractivity contribution in [1.29, 1.82) is 5.26 Å². The van der Waals surface area contributed by atoms with Gasteiger partial charge in [0.25, 0.3) is 0 Å². The Morgan fingerprint density at radius 3 is 2.44 bits per heavy atom. The molecule has 0 bridgehead atoms. The van der Waals surface area contributed by atoms with Gasteiger partial charge in [0.05, 0.1) is 18.9 Å². The molecule has 14 heteroatoms. The normalized spacial score (nSPS) is 24.0. The van der Waals surface area contributed by atoms with Crippen LogP contribution >= 0.6 is 19.6 Å². The second-order valence-electron chi connectivity index (χ2n) is 10.3. The number of thioether (sulfide) groups is 1. The zero-order valence-electron chi connectivity index (χ0n) is 23.8. The van der Waals surface area contributed by atoms with E-state index < -0.39 is 38.3 Å². The summed E-state index contributed by atoms with van der Waals surface area (Å²) >= 11 is 1.80. The lowest BCUT2D eigenvalue weighted by Gasteiger charge is -2.24. The van der Waals surface area contributed by atoms with Crippen LogP contribution in [0.1, 0.15) is 83.2 Å². The first-order valence-corrected chi connectivity index (χ1v) is 17.1. The van der Waals surface area contributed by atoms with E-state index in [9.17, 15) is 24.9 Å². The van der Waals surface area contributed by atoms with Crippen molar-refractivity contribution in [2.75, 3.05) is 30.5 Å². The number of nitriles is 1. The first-order valence-electron chi connectivity index (χ1n) is 14.5. The maximum atomic E-state index is 12.4.